The number of pyridine rings is 2. The van der Waals surface area contributed by atoms with Crippen molar-refractivity contribution in [2.75, 3.05) is 0 Å². The molecule has 6 aromatic rings. The van der Waals surface area contributed by atoms with Crippen molar-refractivity contribution in [2.45, 2.75) is 46.5 Å². The van der Waals surface area contributed by atoms with E-state index in [1.165, 1.54) is 55.8 Å². The minimum absolute atomic E-state index is 0.342. The Morgan fingerprint density at radius 3 is 2.00 bits per heavy atom. The van der Waals surface area contributed by atoms with Crippen LogP contribution in [0.4, 0.5) is 0 Å². The Balaban J connectivity index is 1.72. The third-order valence-corrected chi connectivity index (χ3v) is 8.22. The van der Waals surface area contributed by atoms with Crippen molar-refractivity contribution in [1.82, 2.24) is 9.55 Å². The number of benzene rings is 3. The number of fused-ring (bicyclic) bond motifs is 1. The summed E-state index contributed by atoms with van der Waals surface area (Å²) in [5.41, 5.74) is 13.6. The molecule has 3 nitrogen and oxygen atoms in total. The summed E-state index contributed by atoms with van der Waals surface area (Å²) in [6.45, 7) is 11.5. The van der Waals surface area contributed by atoms with Crippen LogP contribution in [0.5, 0.6) is 0 Å². The lowest BCUT2D eigenvalue weighted by atomic mass is 9.88. The summed E-state index contributed by atoms with van der Waals surface area (Å²) in [5, 5.41) is 1.28. The summed E-state index contributed by atoms with van der Waals surface area (Å²) >= 11 is 0. The lowest BCUT2D eigenvalue weighted by molar-refractivity contribution is -0.660. The molecule has 0 saturated heterocycles. The first-order valence-corrected chi connectivity index (χ1v) is 14.6. The van der Waals surface area contributed by atoms with Crippen LogP contribution in [0.15, 0.2) is 109 Å². The van der Waals surface area contributed by atoms with Gasteiger partial charge in [0.25, 0.3) is 0 Å². The molecule has 3 heterocycles. The van der Waals surface area contributed by atoms with Gasteiger partial charge in [-0.05, 0) is 76.9 Å². The van der Waals surface area contributed by atoms with E-state index in [4.69, 9.17) is 0 Å². The number of nitrogens with zero attached hydrogens (tertiary/aromatic N) is 3. The van der Waals surface area contributed by atoms with E-state index in [-0.39, 0.29) is 0 Å². The molecule has 0 aliphatic rings. The van der Waals surface area contributed by atoms with Gasteiger partial charge in [-0.3, -0.25) is 4.98 Å². The van der Waals surface area contributed by atoms with E-state index in [1.807, 2.05) is 12.3 Å². The number of hydrogen-bond acceptors (Lipinski definition) is 1. The fraction of sp³-hybridized carbons (Fsp3) is 0.211. The molecule has 0 unspecified atom stereocenters. The smallest absolute Gasteiger partial charge is 0.230 e. The predicted molar refractivity (Wildman–Crippen MR) is 171 cm³/mol. The molecule has 0 amide bonds. The monoisotopic (exact) mass is 536 g/mol. The highest BCUT2D eigenvalue weighted by atomic mass is 15.0. The Morgan fingerprint density at radius 2 is 1.34 bits per heavy atom. The van der Waals surface area contributed by atoms with Crippen LogP contribution < -0.4 is 4.57 Å². The highest BCUT2D eigenvalue weighted by Gasteiger charge is 2.28. The highest BCUT2D eigenvalue weighted by molar-refractivity contribution is 5.93. The Bertz CT molecular complexity index is 1820. The summed E-state index contributed by atoms with van der Waals surface area (Å²) in [4.78, 5) is 4.66. The van der Waals surface area contributed by atoms with Gasteiger partial charge in [0.15, 0.2) is 6.20 Å². The SMILES string of the molecule is Cc1c(-c2cc(-c3ccccn3)cc[n+]2C)n(-c2c(C(C)C)cc(-c3ccccc3)cc2C(C)C)c2ccccc12. The zero-order chi connectivity index (χ0) is 28.7. The van der Waals surface area contributed by atoms with Gasteiger partial charge in [-0.25, -0.2) is 0 Å². The number of aromatic nitrogens is 3. The lowest BCUT2D eigenvalue weighted by Gasteiger charge is -2.24. The molecule has 0 spiro atoms. The standard InChI is InChI=1S/C38H38N3/c1-25(2)32-22-30(28-14-8-7-9-15-28)23-33(26(3)4)38(32)41-35-18-11-10-16-31(35)27(5)37(41)36-24-29(19-21-40(36)6)34-17-12-13-20-39-34/h7-26H,1-6H3/q+1. The Morgan fingerprint density at radius 1 is 0.683 bits per heavy atom. The third-order valence-electron chi connectivity index (χ3n) is 8.22. The van der Waals surface area contributed by atoms with Crippen molar-refractivity contribution < 1.29 is 4.57 Å². The number of para-hydroxylation sites is 1. The van der Waals surface area contributed by atoms with Crippen LogP contribution in [-0.4, -0.2) is 9.55 Å². The molecule has 0 aliphatic carbocycles. The van der Waals surface area contributed by atoms with Crippen LogP contribution in [-0.2, 0) is 7.05 Å². The maximum atomic E-state index is 4.66. The molecule has 0 radical (unpaired) electrons. The van der Waals surface area contributed by atoms with Gasteiger partial charge in [0, 0.05) is 29.3 Å². The van der Waals surface area contributed by atoms with Gasteiger partial charge in [0.1, 0.15) is 12.7 Å². The molecule has 0 atom stereocenters. The average molecular weight is 537 g/mol. The van der Waals surface area contributed by atoms with Crippen LogP contribution in [0.2, 0.25) is 0 Å². The lowest BCUT2D eigenvalue weighted by Crippen LogP contribution is -2.31. The predicted octanol–water partition coefficient (Wildman–Crippen LogP) is 9.41. The van der Waals surface area contributed by atoms with Crippen LogP contribution >= 0.6 is 0 Å². The van der Waals surface area contributed by atoms with Crippen molar-refractivity contribution in [3.8, 4) is 39.5 Å². The van der Waals surface area contributed by atoms with E-state index in [0.717, 1.165) is 11.3 Å². The first kappa shape index (κ1) is 26.7. The highest BCUT2D eigenvalue weighted by Crippen LogP contribution is 2.42. The minimum Gasteiger partial charge on any atom is -0.303 e. The largest absolute Gasteiger partial charge is 0.303 e. The van der Waals surface area contributed by atoms with Gasteiger partial charge in [0.05, 0.1) is 16.9 Å². The molecule has 204 valence electrons. The van der Waals surface area contributed by atoms with E-state index in [2.05, 4.69) is 153 Å². The molecule has 0 bridgehead atoms. The van der Waals surface area contributed by atoms with Crippen LogP contribution in [0.25, 0.3) is 50.4 Å². The second-order valence-electron chi connectivity index (χ2n) is 11.6. The Hall–Kier alpha value is -4.50. The summed E-state index contributed by atoms with van der Waals surface area (Å²) < 4.78 is 4.79. The van der Waals surface area contributed by atoms with Crippen molar-refractivity contribution in [1.29, 1.82) is 0 Å². The normalized spacial score (nSPS) is 11.6. The Labute approximate surface area is 243 Å². The fourth-order valence-electron chi connectivity index (χ4n) is 6.05. The number of rotatable bonds is 6. The molecule has 41 heavy (non-hydrogen) atoms. The minimum atomic E-state index is 0.342. The molecule has 6 rings (SSSR count). The molecule has 0 N–H and O–H groups in total. The summed E-state index contributed by atoms with van der Waals surface area (Å²) in [6.07, 6.45) is 4.02. The first-order chi connectivity index (χ1) is 19.8. The van der Waals surface area contributed by atoms with Crippen molar-refractivity contribution in [3.05, 3.63) is 126 Å². The Kier molecular flexibility index (Phi) is 7.05. The average Bonchev–Trinajstić information content (AvgIpc) is 3.29. The number of hydrogen-bond donors (Lipinski definition) is 0. The summed E-state index contributed by atoms with van der Waals surface area (Å²) in [7, 11) is 2.14. The molecule has 0 aliphatic heterocycles. The van der Waals surface area contributed by atoms with Gasteiger partial charge >= 0.3 is 0 Å². The summed E-state index contributed by atoms with van der Waals surface area (Å²) in [5.74, 6) is 0.683. The number of aryl methyl sites for hydroxylation is 2. The maximum Gasteiger partial charge on any atom is 0.230 e. The molecular weight excluding hydrogens is 498 g/mol. The van der Waals surface area contributed by atoms with E-state index >= 15 is 0 Å². The summed E-state index contributed by atoms with van der Waals surface area (Å²) in [6, 6.07) is 35.0. The third kappa shape index (κ3) is 4.76. The topological polar surface area (TPSA) is 21.7 Å². The second kappa shape index (κ2) is 10.8. The van der Waals surface area contributed by atoms with E-state index in [0.29, 0.717) is 11.8 Å². The zero-order valence-corrected chi connectivity index (χ0v) is 24.9. The van der Waals surface area contributed by atoms with Gasteiger partial charge < -0.3 is 4.57 Å². The molecule has 3 aromatic heterocycles. The quantitative estimate of drug-likeness (QED) is 0.194. The van der Waals surface area contributed by atoms with Crippen molar-refractivity contribution >= 4 is 10.9 Å². The van der Waals surface area contributed by atoms with Crippen LogP contribution in [0.3, 0.4) is 0 Å². The van der Waals surface area contributed by atoms with Gasteiger partial charge in [-0.15, -0.1) is 0 Å². The molecular formula is C38H38N3+. The van der Waals surface area contributed by atoms with Gasteiger partial charge in [-0.1, -0.05) is 82.3 Å². The van der Waals surface area contributed by atoms with Gasteiger partial charge in [0.2, 0.25) is 5.69 Å². The van der Waals surface area contributed by atoms with E-state index in [1.54, 1.807) is 0 Å². The molecule has 3 heteroatoms. The van der Waals surface area contributed by atoms with Gasteiger partial charge in [-0.2, -0.15) is 4.57 Å². The van der Waals surface area contributed by atoms with E-state index < -0.39 is 0 Å². The van der Waals surface area contributed by atoms with Crippen molar-refractivity contribution in [2.24, 2.45) is 7.05 Å². The molecule has 0 saturated carbocycles. The zero-order valence-electron chi connectivity index (χ0n) is 24.9. The molecule has 3 aromatic carbocycles. The fourth-order valence-corrected chi connectivity index (χ4v) is 6.05. The van der Waals surface area contributed by atoms with Crippen LogP contribution in [0, 0.1) is 6.92 Å². The van der Waals surface area contributed by atoms with Crippen LogP contribution in [0.1, 0.15) is 56.2 Å². The first-order valence-electron chi connectivity index (χ1n) is 14.6. The van der Waals surface area contributed by atoms with Crippen molar-refractivity contribution in [3.63, 3.8) is 0 Å². The second-order valence-corrected chi connectivity index (χ2v) is 11.6. The molecule has 0 fully saturated rings. The van der Waals surface area contributed by atoms with E-state index in [9.17, 15) is 0 Å². The maximum absolute atomic E-state index is 4.66.